The summed E-state index contributed by atoms with van der Waals surface area (Å²) < 4.78 is 0. The topological polar surface area (TPSA) is 43.1 Å². The van der Waals surface area contributed by atoms with Crippen molar-refractivity contribution in [3.05, 3.63) is 21.9 Å². The standard InChI is InChI=1S/C10H19NO2/c1-3-4-5-6-7-8-9-10(2)11(12)13/h9H,3-8H2,1-2H3/b10-9-. The highest BCUT2D eigenvalue weighted by atomic mass is 16.6. The van der Waals surface area contributed by atoms with Crippen LogP contribution in [0, 0.1) is 10.1 Å². The molecule has 0 rings (SSSR count). The average Bonchev–Trinajstić information content (AvgIpc) is 2.10. The first-order valence-electron chi connectivity index (χ1n) is 4.99. The smallest absolute Gasteiger partial charge is 0.239 e. The quantitative estimate of drug-likeness (QED) is 0.346. The molecular weight excluding hydrogens is 166 g/mol. The van der Waals surface area contributed by atoms with Crippen LogP contribution in [0.4, 0.5) is 0 Å². The molecule has 0 saturated heterocycles. The van der Waals surface area contributed by atoms with Gasteiger partial charge in [0.15, 0.2) is 0 Å². The van der Waals surface area contributed by atoms with E-state index in [0.29, 0.717) is 0 Å². The highest BCUT2D eigenvalue weighted by molar-refractivity contribution is 4.86. The summed E-state index contributed by atoms with van der Waals surface area (Å²) in [4.78, 5) is 9.88. The van der Waals surface area contributed by atoms with Crippen molar-refractivity contribution in [2.75, 3.05) is 0 Å². The molecule has 76 valence electrons. The lowest BCUT2D eigenvalue weighted by Crippen LogP contribution is -1.92. The minimum Gasteiger partial charge on any atom is -0.259 e. The van der Waals surface area contributed by atoms with E-state index in [2.05, 4.69) is 6.92 Å². The van der Waals surface area contributed by atoms with Gasteiger partial charge < -0.3 is 0 Å². The molecule has 0 bridgehead atoms. The van der Waals surface area contributed by atoms with Crippen LogP contribution in [-0.4, -0.2) is 4.92 Å². The van der Waals surface area contributed by atoms with Gasteiger partial charge in [-0.25, -0.2) is 0 Å². The van der Waals surface area contributed by atoms with Gasteiger partial charge in [0.05, 0.1) is 4.92 Å². The minimum absolute atomic E-state index is 0.274. The summed E-state index contributed by atoms with van der Waals surface area (Å²) in [6.07, 6.45) is 8.59. The Morgan fingerprint density at radius 1 is 1.31 bits per heavy atom. The van der Waals surface area contributed by atoms with Crippen LogP contribution < -0.4 is 0 Å². The van der Waals surface area contributed by atoms with Gasteiger partial charge in [0.1, 0.15) is 0 Å². The van der Waals surface area contributed by atoms with E-state index in [1.54, 1.807) is 13.0 Å². The van der Waals surface area contributed by atoms with Crippen LogP contribution in [0.5, 0.6) is 0 Å². The zero-order chi connectivity index (χ0) is 10.1. The van der Waals surface area contributed by atoms with Gasteiger partial charge in [-0.15, -0.1) is 0 Å². The summed E-state index contributed by atoms with van der Waals surface area (Å²) in [5.41, 5.74) is 0.274. The van der Waals surface area contributed by atoms with E-state index >= 15 is 0 Å². The predicted molar refractivity (Wildman–Crippen MR) is 54.1 cm³/mol. The lowest BCUT2D eigenvalue weighted by atomic mass is 10.1. The molecule has 0 saturated carbocycles. The molecule has 0 aliphatic heterocycles. The van der Waals surface area contributed by atoms with E-state index in [4.69, 9.17) is 0 Å². The van der Waals surface area contributed by atoms with Crippen molar-refractivity contribution in [1.82, 2.24) is 0 Å². The SMILES string of the molecule is CCCCCCC/C=C(/C)[N+](=O)[O-]. The van der Waals surface area contributed by atoms with Gasteiger partial charge in [-0.2, -0.15) is 0 Å². The van der Waals surface area contributed by atoms with Crippen molar-refractivity contribution in [3.8, 4) is 0 Å². The largest absolute Gasteiger partial charge is 0.259 e. The maximum absolute atomic E-state index is 10.2. The van der Waals surface area contributed by atoms with Gasteiger partial charge in [0, 0.05) is 6.92 Å². The van der Waals surface area contributed by atoms with Crippen LogP contribution >= 0.6 is 0 Å². The number of allylic oxidation sites excluding steroid dienone is 2. The number of hydrogen-bond donors (Lipinski definition) is 0. The van der Waals surface area contributed by atoms with Crippen LogP contribution in [0.3, 0.4) is 0 Å². The molecule has 0 spiro atoms. The van der Waals surface area contributed by atoms with E-state index in [0.717, 1.165) is 12.8 Å². The fourth-order valence-corrected chi connectivity index (χ4v) is 1.13. The van der Waals surface area contributed by atoms with Crippen LogP contribution in [0.15, 0.2) is 11.8 Å². The van der Waals surface area contributed by atoms with Crippen molar-refractivity contribution < 1.29 is 4.92 Å². The minimum atomic E-state index is -0.327. The molecule has 0 heterocycles. The summed E-state index contributed by atoms with van der Waals surface area (Å²) in [7, 11) is 0. The molecule has 0 aromatic carbocycles. The number of nitro groups is 1. The first kappa shape index (κ1) is 12.1. The molecule has 0 aliphatic rings. The fraction of sp³-hybridized carbons (Fsp3) is 0.800. The third-order valence-corrected chi connectivity index (χ3v) is 2.04. The molecule has 0 unspecified atom stereocenters. The molecule has 0 fully saturated rings. The summed E-state index contributed by atoms with van der Waals surface area (Å²) in [5.74, 6) is 0. The second kappa shape index (κ2) is 7.77. The molecule has 0 aliphatic carbocycles. The van der Waals surface area contributed by atoms with Gasteiger partial charge in [0.25, 0.3) is 0 Å². The zero-order valence-electron chi connectivity index (χ0n) is 8.58. The Morgan fingerprint density at radius 3 is 2.46 bits per heavy atom. The third-order valence-electron chi connectivity index (χ3n) is 2.04. The highest BCUT2D eigenvalue weighted by Gasteiger charge is 1.99. The molecule has 0 radical (unpaired) electrons. The van der Waals surface area contributed by atoms with Gasteiger partial charge in [-0.05, 0) is 18.9 Å². The molecule has 0 amide bonds. The summed E-state index contributed by atoms with van der Waals surface area (Å²) >= 11 is 0. The van der Waals surface area contributed by atoms with E-state index in [-0.39, 0.29) is 10.6 Å². The highest BCUT2D eigenvalue weighted by Crippen LogP contribution is 2.06. The molecule has 0 atom stereocenters. The summed E-state index contributed by atoms with van der Waals surface area (Å²) in [6.45, 7) is 3.73. The van der Waals surface area contributed by atoms with Crippen molar-refractivity contribution in [2.24, 2.45) is 0 Å². The molecule has 13 heavy (non-hydrogen) atoms. The molecule has 3 heteroatoms. The van der Waals surface area contributed by atoms with Crippen molar-refractivity contribution in [2.45, 2.75) is 52.4 Å². The van der Waals surface area contributed by atoms with Gasteiger partial charge in [0.2, 0.25) is 5.70 Å². The van der Waals surface area contributed by atoms with E-state index in [1.807, 2.05) is 0 Å². The summed E-state index contributed by atoms with van der Waals surface area (Å²) in [5, 5.41) is 10.2. The Labute approximate surface area is 80.0 Å². The third kappa shape index (κ3) is 7.50. The second-order valence-electron chi connectivity index (χ2n) is 3.31. The van der Waals surface area contributed by atoms with E-state index in [9.17, 15) is 10.1 Å². The predicted octanol–water partition coefficient (Wildman–Crippen LogP) is 3.53. The fourth-order valence-electron chi connectivity index (χ4n) is 1.13. The second-order valence-corrected chi connectivity index (χ2v) is 3.31. The average molecular weight is 185 g/mol. The van der Waals surface area contributed by atoms with Crippen LogP contribution in [0.25, 0.3) is 0 Å². The van der Waals surface area contributed by atoms with E-state index in [1.165, 1.54) is 25.7 Å². The van der Waals surface area contributed by atoms with Gasteiger partial charge >= 0.3 is 0 Å². The Bertz CT molecular complexity index is 176. The van der Waals surface area contributed by atoms with E-state index < -0.39 is 0 Å². The summed E-state index contributed by atoms with van der Waals surface area (Å²) in [6, 6.07) is 0. The molecular formula is C10H19NO2. The monoisotopic (exact) mass is 185 g/mol. The Balaban J connectivity index is 3.34. The maximum atomic E-state index is 10.2. The Kier molecular flexibility index (Phi) is 7.26. The van der Waals surface area contributed by atoms with Crippen LogP contribution in [0.1, 0.15) is 52.4 Å². The number of unbranched alkanes of at least 4 members (excludes halogenated alkanes) is 5. The van der Waals surface area contributed by atoms with Crippen molar-refractivity contribution >= 4 is 0 Å². The van der Waals surface area contributed by atoms with Gasteiger partial charge in [-0.3, -0.25) is 10.1 Å². The Morgan fingerprint density at radius 2 is 1.92 bits per heavy atom. The first-order valence-corrected chi connectivity index (χ1v) is 4.99. The normalized spacial score (nSPS) is 11.7. The molecule has 0 aromatic heterocycles. The number of nitrogens with zero attached hydrogens (tertiary/aromatic N) is 1. The van der Waals surface area contributed by atoms with Crippen molar-refractivity contribution in [1.29, 1.82) is 0 Å². The van der Waals surface area contributed by atoms with Gasteiger partial charge in [-0.1, -0.05) is 32.6 Å². The first-order chi connectivity index (χ1) is 6.18. The lowest BCUT2D eigenvalue weighted by Gasteiger charge is -1.95. The number of rotatable bonds is 7. The molecule has 0 aromatic rings. The molecule has 0 N–H and O–H groups in total. The van der Waals surface area contributed by atoms with Crippen LogP contribution in [-0.2, 0) is 0 Å². The maximum Gasteiger partial charge on any atom is 0.239 e. The van der Waals surface area contributed by atoms with Crippen LogP contribution in [0.2, 0.25) is 0 Å². The number of hydrogen-bond acceptors (Lipinski definition) is 2. The Hall–Kier alpha value is -0.860. The molecule has 3 nitrogen and oxygen atoms in total. The lowest BCUT2D eigenvalue weighted by molar-refractivity contribution is -0.424. The zero-order valence-corrected chi connectivity index (χ0v) is 8.58. The van der Waals surface area contributed by atoms with Crippen molar-refractivity contribution in [3.63, 3.8) is 0 Å².